The van der Waals surface area contributed by atoms with E-state index in [1.165, 1.54) is 5.56 Å². The molecule has 2 heterocycles. The first-order valence-electron chi connectivity index (χ1n) is 15.6. The van der Waals surface area contributed by atoms with Crippen molar-refractivity contribution in [3.05, 3.63) is 95.8 Å². The van der Waals surface area contributed by atoms with Crippen LogP contribution in [0.15, 0.2) is 78.9 Å². The lowest BCUT2D eigenvalue weighted by molar-refractivity contribution is 0.195. The zero-order chi connectivity index (χ0) is 31.6. The lowest BCUT2D eigenvalue weighted by Gasteiger charge is -2.44. The van der Waals surface area contributed by atoms with Gasteiger partial charge in [0.1, 0.15) is 0 Å². The zero-order valence-electron chi connectivity index (χ0n) is 27.2. The maximum atomic E-state index is 5.97. The smallest absolute Gasteiger partial charge is 0.320 e. The van der Waals surface area contributed by atoms with Crippen LogP contribution >= 0.6 is 0 Å². The molecular weight excluding hydrogens is 552 g/mol. The third kappa shape index (κ3) is 9.40. The molecule has 0 amide bonds. The molecule has 0 bridgehead atoms. The summed E-state index contributed by atoms with van der Waals surface area (Å²) in [4.78, 5) is 18.6. The van der Waals surface area contributed by atoms with Crippen LogP contribution < -0.4 is 18.9 Å². The first-order chi connectivity index (χ1) is 21.1. The normalized spacial score (nSPS) is 17.6. The second-order valence-corrected chi connectivity index (χ2v) is 12.0. The molecule has 234 valence electrons. The van der Waals surface area contributed by atoms with E-state index in [0.717, 1.165) is 17.8 Å². The van der Waals surface area contributed by atoms with E-state index >= 15 is 0 Å². The van der Waals surface area contributed by atoms with Crippen molar-refractivity contribution in [2.24, 2.45) is 0 Å². The Bertz CT molecular complexity index is 1270. The second kappa shape index (κ2) is 15.5. The molecule has 2 aromatic carbocycles. The molecule has 1 aliphatic carbocycles. The van der Waals surface area contributed by atoms with Gasteiger partial charge in [-0.2, -0.15) is 19.9 Å². The molecule has 8 nitrogen and oxygen atoms in total. The molecule has 0 aliphatic heterocycles. The number of rotatable bonds is 11. The van der Waals surface area contributed by atoms with E-state index in [4.69, 9.17) is 28.9 Å². The number of hydrogen-bond donors (Lipinski definition) is 0. The number of aromatic nitrogens is 4. The van der Waals surface area contributed by atoms with E-state index in [-0.39, 0.29) is 42.2 Å². The van der Waals surface area contributed by atoms with Gasteiger partial charge in [0, 0.05) is 29.9 Å². The molecule has 3 atom stereocenters. The standard InChI is InChI=1S/C30H40N4O4.C6H6/c1-17(2)35-26-15-24(31-29(33-26)37-19(5)6)22-14-23(28(22)21-12-10-9-11-13-21)25-16-27(36-18(3)4)34-30(32-25)38-20(7)8;1-2-4-6-5-3-1/h9-13,15-20,22-23,28H,14H2,1-8H3;1-6H/t22-,23+,28?;. The lowest BCUT2D eigenvalue weighted by atomic mass is 9.59. The Morgan fingerprint density at radius 3 is 1.23 bits per heavy atom. The Morgan fingerprint density at radius 1 is 0.500 bits per heavy atom. The molecule has 1 fully saturated rings. The van der Waals surface area contributed by atoms with Crippen LogP contribution in [0.4, 0.5) is 0 Å². The predicted octanol–water partition coefficient (Wildman–Crippen LogP) is 8.16. The molecule has 0 spiro atoms. The van der Waals surface area contributed by atoms with Crippen LogP contribution in [0, 0.1) is 0 Å². The molecule has 0 N–H and O–H groups in total. The molecular formula is C36H46N4O4. The number of benzene rings is 2. The van der Waals surface area contributed by atoms with Crippen molar-refractivity contribution in [1.82, 2.24) is 19.9 Å². The average molecular weight is 599 g/mol. The SMILES string of the molecule is CC(C)Oc1cc([C@H]2C[C@@H](c3cc(OC(C)C)nc(OC(C)C)n3)C2c2ccccc2)nc(OC(C)C)n1.c1ccccc1. The topological polar surface area (TPSA) is 88.5 Å². The third-order valence-electron chi connectivity index (χ3n) is 6.78. The van der Waals surface area contributed by atoms with Crippen LogP contribution in [0.5, 0.6) is 23.8 Å². The summed E-state index contributed by atoms with van der Waals surface area (Å²) < 4.78 is 23.7. The van der Waals surface area contributed by atoms with Crippen molar-refractivity contribution in [2.75, 3.05) is 0 Å². The van der Waals surface area contributed by atoms with Crippen molar-refractivity contribution in [1.29, 1.82) is 0 Å². The summed E-state index contributed by atoms with van der Waals surface area (Å²) in [5.74, 6) is 1.46. The fourth-order valence-corrected chi connectivity index (χ4v) is 5.14. The highest BCUT2D eigenvalue weighted by Gasteiger charge is 2.46. The van der Waals surface area contributed by atoms with E-state index < -0.39 is 0 Å². The zero-order valence-corrected chi connectivity index (χ0v) is 27.2. The first-order valence-corrected chi connectivity index (χ1v) is 15.6. The second-order valence-electron chi connectivity index (χ2n) is 12.0. The van der Waals surface area contributed by atoms with Crippen molar-refractivity contribution in [3.8, 4) is 23.8 Å². The Labute approximate surface area is 262 Å². The minimum atomic E-state index is -0.0454. The summed E-state index contributed by atoms with van der Waals surface area (Å²) in [6, 6.07) is 27.1. The van der Waals surface area contributed by atoms with Gasteiger partial charge in [0.2, 0.25) is 11.8 Å². The van der Waals surface area contributed by atoms with Gasteiger partial charge >= 0.3 is 12.0 Å². The summed E-state index contributed by atoms with van der Waals surface area (Å²) >= 11 is 0. The summed E-state index contributed by atoms with van der Waals surface area (Å²) in [5.41, 5.74) is 3.03. The van der Waals surface area contributed by atoms with Gasteiger partial charge in [0.25, 0.3) is 0 Å². The minimum absolute atomic E-state index is 0.0107. The van der Waals surface area contributed by atoms with Gasteiger partial charge in [0.05, 0.1) is 35.8 Å². The molecule has 44 heavy (non-hydrogen) atoms. The molecule has 1 saturated carbocycles. The van der Waals surface area contributed by atoms with Gasteiger partial charge in [-0.3, -0.25) is 0 Å². The lowest BCUT2D eigenvalue weighted by Crippen LogP contribution is -2.33. The Balaban J connectivity index is 0.000000657. The van der Waals surface area contributed by atoms with Crippen LogP contribution in [0.3, 0.4) is 0 Å². The van der Waals surface area contributed by atoms with Gasteiger partial charge in [-0.05, 0) is 67.4 Å². The molecule has 4 aromatic rings. The first kappa shape index (κ1) is 32.7. The Morgan fingerprint density at radius 2 is 0.864 bits per heavy atom. The van der Waals surface area contributed by atoms with Crippen molar-refractivity contribution >= 4 is 0 Å². The summed E-state index contributed by atoms with van der Waals surface area (Å²) in [7, 11) is 0. The fourth-order valence-electron chi connectivity index (χ4n) is 5.14. The highest BCUT2D eigenvalue weighted by Crippen LogP contribution is 2.58. The van der Waals surface area contributed by atoms with Crippen molar-refractivity contribution in [3.63, 3.8) is 0 Å². The highest BCUT2D eigenvalue weighted by atomic mass is 16.5. The van der Waals surface area contributed by atoms with Crippen LogP contribution in [-0.2, 0) is 0 Å². The van der Waals surface area contributed by atoms with E-state index in [2.05, 4.69) is 34.2 Å². The molecule has 5 rings (SSSR count). The predicted molar refractivity (Wildman–Crippen MR) is 173 cm³/mol. The molecule has 1 unspecified atom stereocenters. The minimum Gasteiger partial charge on any atom is -0.475 e. The fraction of sp³-hybridized carbons (Fsp3) is 0.444. The van der Waals surface area contributed by atoms with Crippen molar-refractivity contribution < 1.29 is 18.9 Å². The number of hydrogen-bond acceptors (Lipinski definition) is 8. The van der Waals surface area contributed by atoms with E-state index in [1.54, 1.807) is 0 Å². The summed E-state index contributed by atoms with van der Waals surface area (Å²) in [5, 5.41) is 0. The quantitative estimate of drug-likeness (QED) is 0.171. The maximum absolute atomic E-state index is 5.97. The highest BCUT2D eigenvalue weighted by molar-refractivity contribution is 5.39. The largest absolute Gasteiger partial charge is 0.475 e. The summed E-state index contributed by atoms with van der Waals surface area (Å²) in [6.07, 6.45) is 0.733. The van der Waals surface area contributed by atoms with E-state index in [0.29, 0.717) is 23.8 Å². The van der Waals surface area contributed by atoms with Gasteiger partial charge in [-0.15, -0.1) is 0 Å². The van der Waals surface area contributed by atoms with Gasteiger partial charge in [0.15, 0.2) is 0 Å². The third-order valence-corrected chi connectivity index (χ3v) is 6.78. The molecule has 0 saturated heterocycles. The molecule has 2 aromatic heterocycles. The maximum Gasteiger partial charge on any atom is 0.320 e. The molecule has 8 heteroatoms. The monoisotopic (exact) mass is 598 g/mol. The van der Waals surface area contributed by atoms with Crippen molar-refractivity contribution in [2.45, 2.75) is 104 Å². The Kier molecular flexibility index (Phi) is 11.5. The number of nitrogens with zero attached hydrogens (tertiary/aromatic N) is 4. The number of ether oxygens (including phenoxy) is 4. The Hall–Kier alpha value is -4.20. The van der Waals surface area contributed by atoms with Crippen LogP contribution in [0.1, 0.15) is 96.5 Å². The van der Waals surface area contributed by atoms with E-state index in [9.17, 15) is 0 Å². The van der Waals surface area contributed by atoms with Gasteiger partial charge in [-0.1, -0.05) is 66.7 Å². The van der Waals surface area contributed by atoms with Crippen LogP contribution in [0.2, 0.25) is 0 Å². The molecule has 1 aliphatic rings. The van der Waals surface area contributed by atoms with Crippen LogP contribution in [-0.4, -0.2) is 44.4 Å². The van der Waals surface area contributed by atoms with Gasteiger partial charge < -0.3 is 18.9 Å². The van der Waals surface area contributed by atoms with E-state index in [1.807, 2.05) is 110 Å². The van der Waals surface area contributed by atoms with Gasteiger partial charge in [-0.25, -0.2) is 0 Å². The summed E-state index contributed by atoms with van der Waals surface area (Å²) in [6.45, 7) is 15.8. The molecule has 0 radical (unpaired) electrons. The van der Waals surface area contributed by atoms with Crippen LogP contribution in [0.25, 0.3) is 0 Å². The average Bonchev–Trinajstić information content (AvgIpc) is 2.93.